The minimum atomic E-state index is -0.724. The van der Waals surface area contributed by atoms with E-state index in [1.807, 2.05) is 12.1 Å². The molecular weight excluding hydrogens is 264 g/mol. The first-order valence-corrected chi connectivity index (χ1v) is 7.05. The van der Waals surface area contributed by atoms with Crippen molar-refractivity contribution >= 4 is 17.6 Å². The Morgan fingerprint density at radius 3 is 2.84 bits per heavy atom. The predicted molar refractivity (Wildman–Crippen MR) is 75.0 cm³/mol. The smallest absolute Gasteiger partial charge is 0.303 e. The van der Waals surface area contributed by atoms with Crippen LogP contribution in [0.5, 0.6) is 5.75 Å². The first-order chi connectivity index (χ1) is 9.11. The Kier molecular flexibility index (Phi) is 4.70. The normalized spacial score (nSPS) is 23.1. The van der Waals surface area contributed by atoms with Gasteiger partial charge in [-0.15, -0.1) is 0 Å². The van der Waals surface area contributed by atoms with Gasteiger partial charge in [-0.1, -0.05) is 24.4 Å². The second kappa shape index (κ2) is 6.29. The number of methoxy groups -OCH3 is 1. The molecule has 3 nitrogen and oxygen atoms in total. The Bertz CT molecular complexity index is 459. The first kappa shape index (κ1) is 14.2. The molecule has 19 heavy (non-hydrogen) atoms. The molecule has 2 unspecified atom stereocenters. The van der Waals surface area contributed by atoms with Crippen molar-refractivity contribution in [1.82, 2.24) is 0 Å². The van der Waals surface area contributed by atoms with Crippen LogP contribution >= 0.6 is 11.6 Å². The van der Waals surface area contributed by atoms with E-state index in [9.17, 15) is 4.79 Å². The first-order valence-electron chi connectivity index (χ1n) is 6.67. The Hall–Kier alpha value is -1.22. The summed E-state index contributed by atoms with van der Waals surface area (Å²) in [4.78, 5) is 11.0. The van der Waals surface area contributed by atoms with Gasteiger partial charge in [0.05, 0.1) is 7.11 Å². The van der Waals surface area contributed by atoms with Gasteiger partial charge in [0.2, 0.25) is 0 Å². The largest absolute Gasteiger partial charge is 0.496 e. The molecule has 4 heteroatoms. The third kappa shape index (κ3) is 3.41. The standard InChI is InChI=1S/C15H19ClO3/c1-19-14-7-6-11(16)9-13(14)12-5-3-2-4-10(12)8-15(17)18/h6-7,9-10,12H,2-5,8H2,1H3,(H,17,18). The number of aliphatic carboxylic acids is 1. The quantitative estimate of drug-likeness (QED) is 0.904. The minimum absolute atomic E-state index is 0.179. The van der Waals surface area contributed by atoms with Gasteiger partial charge in [-0.05, 0) is 48.4 Å². The van der Waals surface area contributed by atoms with Gasteiger partial charge in [0.1, 0.15) is 5.75 Å². The maximum atomic E-state index is 11.0. The third-order valence-electron chi connectivity index (χ3n) is 3.94. The molecule has 1 saturated carbocycles. The molecule has 2 atom stereocenters. The average molecular weight is 283 g/mol. The fourth-order valence-electron chi connectivity index (χ4n) is 3.08. The number of hydrogen-bond acceptors (Lipinski definition) is 2. The van der Waals surface area contributed by atoms with E-state index in [2.05, 4.69) is 0 Å². The summed E-state index contributed by atoms with van der Waals surface area (Å²) >= 11 is 6.07. The van der Waals surface area contributed by atoms with Crippen LogP contribution in [0.25, 0.3) is 0 Å². The lowest BCUT2D eigenvalue weighted by Crippen LogP contribution is -2.21. The van der Waals surface area contributed by atoms with Crippen LogP contribution in [0.2, 0.25) is 5.02 Å². The van der Waals surface area contributed by atoms with Crippen LogP contribution in [0.4, 0.5) is 0 Å². The highest BCUT2D eigenvalue weighted by Crippen LogP contribution is 2.43. The Balaban J connectivity index is 2.30. The van der Waals surface area contributed by atoms with Crippen LogP contribution in [0.1, 0.15) is 43.6 Å². The zero-order valence-electron chi connectivity index (χ0n) is 11.1. The molecule has 0 aliphatic heterocycles. The van der Waals surface area contributed by atoms with E-state index >= 15 is 0 Å². The summed E-state index contributed by atoms with van der Waals surface area (Å²) in [6.45, 7) is 0. The molecule has 1 aromatic carbocycles. The Morgan fingerprint density at radius 2 is 2.16 bits per heavy atom. The second-order valence-corrected chi connectivity index (χ2v) is 5.57. The van der Waals surface area contributed by atoms with Crippen LogP contribution in [0.15, 0.2) is 18.2 Å². The maximum Gasteiger partial charge on any atom is 0.303 e. The van der Waals surface area contributed by atoms with Gasteiger partial charge in [-0.3, -0.25) is 4.79 Å². The third-order valence-corrected chi connectivity index (χ3v) is 4.17. The highest BCUT2D eigenvalue weighted by atomic mass is 35.5. The summed E-state index contributed by atoms with van der Waals surface area (Å²) in [7, 11) is 1.64. The molecule has 1 aromatic rings. The van der Waals surface area contributed by atoms with Crippen molar-refractivity contribution in [2.45, 2.75) is 38.0 Å². The highest BCUT2D eigenvalue weighted by Gasteiger charge is 2.30. The summed E-state index contributed by atoms with van der Waals surface area (Å²) in [5, 5.41) is 9.73. The molecule has 0 amide bonds. The molecule has 1 aliphatic rings. The van der Waals surface area contributed by atoms with Gasteiger partial charge in [0.25, 0.3) is 0 Å². The van der Waals surface area contributed by atoms with Crippen molar-refractivity contribution < 1.29 is 14.6 Å². The van der Waals surface area contributed by atoms with Crippen molar-refractivity contribution in [2.24, 2.45) is 5.92 Å². The van der Waals surface area contributed by atoms with Crippen molar-refractivity contribution in [3.63, 3.8) is 0 Å². The lowest BCUT2D eigenvalue weighted by Gasteiger charge is -2.32. The number of rotatable bonds is 4. The molecule has 1 aliphatic carbocycles. The highest BCUT2D eigenvalue weighted by molar-refractivity contribution is 6.30. The Labute approximate surface area is 118 Å². The lowest BCUT2D eigenvalue weighted by molar-refractivity contribution is -0.138. The summed E-state index contributed by atoms with van der Waals surface area (Å²) in [5.74, 6) is 0.502. The van der Waals surface area contributed by atoms with Crippen molar-refractivity contribution in [3.8, 4) is 5.75 Å². The van der Waals surface area contributed by atoms with E-state index in [1.54, 1.807) is 13.2 Å². The van der Waals surface area contributed by atoms with Crippen LogP contribution in [-0.4, -0.2) is 18.2 Å². The van der Waals surface area contributed by atoms with Crippen molar-refractivity contribution in [1.29, 1.82) is 0 Å². The van der Waals surface area contributed by atoms with E-state index in [-0.39, 0.29) is 18.3 Å². The number of halogens is 1. The summed E-state index contributed by atoms with van der Waals surface area (Å²) < 4.78 is 5.40. The van der Waals surface area contributed by atoms with E-state index in [0.29, 0.717) is 5.02 Å². The number of carboxylic acids is 1. The minimum Gasteiger partial charge on any atom is -0.496 e. The molecule has 0 saturated heterocycles. The molecule has 0 bridgehead atoms. The van der Waals surface area contributed by atoms with E-state index in [4.69, 9.17) is 21.4 Å². The summed E-state index contributed by atoms with van der Waals surface area (Å²) in [5.41, 5.74) is 1.06. The zero-order chi connectivity index (χ0) is 13.8. The van der Waals surface area contributed by atoms with Gasteiger partial charge in [-0.2, -0.15) is 0 Å². The number of hydrogen-bond donors (Lipinski definition) is 1. The fourth-order valence-corrected chi connectivity index (χ4v) is 3.26. The van der Waals surface area contributed by atoms with E-state index < -0.39 is 5.97 Å². The van der Waals surface area contributed by atoms with Gasteiger partial charge in [-0.25, -0.2) is 0 Å². The molecule has 2 rings (SSSR count). The van der Waals surface area contributed by atoms with Gasteiger partial charge in [0.15, 0.2) is 0 Å². The van der Waals surface area contributed by atoms with Crippen molar-refractivity contribution in [3.05, 3.63) is 28.8 Å². The molecule has 0 aromatic heterocycles. The molecule has 0 radical (unpaired) electrons. The average Bonchev–Trinajstić information content (AvgIpc) is 2.38. The fraction of sp³-hybridized carbons (Fsp3) is 0.533. The van der Waals surface area contributed by atoms with Gasteiger partial charge in [0, 0.05) is 11.4 Å². The molecule has 104 valence electrons. The molecule has 1 fully saturated rings. The van der Waals surface area contributed by atoms with Crippen LogP contribution in [-0.2, 0) is 4.79 Å². The van der Waals surface area contributed by atoms with Crippen LogP contribution in [0.3, 0.4) is 0 Å². The van der Waals surface area contributed by atoms with Crippen LogP contribution < -0.4 is 4.74 Å². The molecule has 0 heterocycles. The lowest BCUT2D eigenvalue weighted by atomic mass is 9.74. The summed E-state index contributed by atoms with van der Waals surface area (Å²) in [6, 6.07) is 5.59. The van der Waals surface area contributed by atoms with Gasteiger partial charge < -0.3 is 9.84 Å². The SMILES string of the molecule is COc1ccc(Cl)cc1C1CCCCC1CC(=O)O. The topological polar surface area (TPSA) is 46.5 Å². The second-order valence-electron chi connectivity index (χ2n) is 5.14. The summed E-state index contributed by atoms with van der Waals surface area (Å²) in [6.07, 6.45) is 4.44. The molecule has 1 N–H and O–H groups in total. The Morgan fingerprint density at radius 1 is 1.42 bits per heavy atom. The zero-order valence-corrected chi connectivity index (χ0v) is 11.8. The maximum absolute atomic E-state index is 11.0. The van der Waals surface area contributed by atoms with E-state index in [1.165, 1.54) is 0 Å². The van der Waals surface area contributed by atoms with Gasteiger partial charge >= 0.3 is 5.97 Å². The molecular formula is C15H19ClO3. The van der Waals surface area contributed by atoms with E-state index in [0.717, 1.165) is 37.0 Å². The van der Waals surface area contributed by atoms with Crippen LogP contribution in [0, 0.1) is 5.92 Å². The number of carboxylic acid groups (broad SMARTS) is 1. The monoisotopic (exact) mass is 282 g/mol. The molecule has 0 spiro atoms. The number of carbonyl (C=O) groups is 1. The van der Waals surface area contributed by atoms with Crippen molar-refractivity contribution in [2.75, 3.05) is 7.11 Å². The predicted octanol–water partition coefficient (Wildman–Crippen LogP) is 4.10. The number of benzene rings is 1. The number of ether oxygens (including phenoxy) is 1.